The van der Waals surface area contributed by atoms with Gasteiger partial charge in [-0.2, -0.15) is 4.98 Å². The van der Waals surface area contributed by atoms with E-state index in [4.69, 9.17) is 4.52 Å². The van der Waals surface area contributed by atoms with Crippen LogP contribution >= 0.6 is 0 Å². The van der Waals surface area contributed by atoms with Crippen LogP contribution in [0.2, 0.25) is 0 Å². The fourth-order valence-corrected chi connectivity index (χ4v) is 3.36. The Morgan fingerprint density at radius 2 is 2.04 bits per heavy atom. The van der Waals surface area contributed by atoms with Crippen molar-refractivity contribution in [2.24, 2.45) is 0 Å². The summed E-state index contributed by atoms with van der Waals surface area (Å²) < 4.78 is 19.0. The molecular formula is C20H21FN4O. The Hall–Kier alpha value is -2.57. The molecule has 1 unspecified atom stereocenters. The van der Waals surface area contributed by atoms with E-state index in [2.05, 4.69) is 20.4 Å². The molecule has 2 aromatic carbocycles. The fraction of sp³-hybridized carbons (Fsp3) is 0.300. The number of halogens is 1. The molecule has 1 aliphatic heterocycles. The van der Waals surface area contributed by atoms with Gasteiger partial charge in [0.25, 0.3) is 0 Å². The Kier molecular flexibility index (Phi) is 5.04. The smallest absolute Gasteiger partial charge is 0.231 e. The molecule has 1 N–H and O–H groups in total. The molecular weight excluding hydrogens is 331 g/mol. The van der Waals surface area contributed by atoms with Gasteiger partial charge in [-0.25, -0.2) is 4.39 Å². The van der Waals surface area contributed by atoms with E-state index in [-0.39, 0.29) is 11.9 Å². The lowest BCUT2D eigenvalue weighted by molar-refractivity contribution is 0.148. The molecule has 1 aromatic heterocycles. The second-order valence-corrected chi connectivity index (χ2v) is 6.51. The summed E-state index contributed by atoms with van der Waals surface area (Å²) in [7, 11) is 0. The van der Waals surface area contributed by atoms with E-state index >= 15 is 0 Å². The predicted octanol–water partition coefficient (Wildman–Crippen LogP) is 2.95. The second-order valence-electron chi connectivity index (χ2n) is 6.51. The average molecular weight is 352 g/mol. The van der Waals surface area contributed by atoms with Crippen molar-refractivity contribution < 1.29 is 8.91 Å². The summed E-state index contributed by atoms with van der Waals surface area (Å²) in [6.45, 7) is 3.10. The molecule has 0 saturated carbocycles. The first-order valence-electron chi connectivity index (χ1n) is 8.83. The molecule has 1 atom stereocenters. The van der Waals surface area contributed by atoms with Gasteiger partial charge < -0.3 is 9.84 Å². The molecule has 134 valence electrons. The predicted molar refractivity (Wildman–Crippen MR) is 96.0 cm³/mol. The summed E-state index contributed by atoms with van der Waals surface area (Å²) in [5.41, 5.74) is 2.10. The molecule has 1 aliphatic rings. The van der Waals surface area contributed by atoms with Gasteiger partial charge in [0.2, 0.25) is 5.89 Å². The highest BCUT2D eigenvalue weighted by molar-refractivity contribution is 5.21. The van der Waals surface area contributed by atoms with E-state index in [9.17, 15) is 4.39 Å². The molecule has 0 amide bonds. The lowest BCUT2D eigenvalue weighted by Gasteiger charge is -2.35. The van der Waals surface area contributed by atoms with Crippen molar-refractivity contribution >= 4 is 0 Å². The Morgan fingerprint density at radius 3 is 2.88 bits per heavy atom. The van der Waals surface area contributed by atoms with Crippen molar-refractivity contribution in [2.75, 3.05) is 19.6 Å². The third-order valence-electron chi connectivity index (χ3n) is 4.64. The highest BCUT2D eigenvalue weighted by atomic mass is 19.1. The fourth-order valence-electron chi connectivity index (χ4n) is 3.36. The van der Waals surface area contributed by atoms with Gasteiger partial charge in [0.1, 0.15) is 5.82 Å². The van der Waals surface area contributed by atoms with Crippen molar-refractivity contribution in [3.05, 3.63) is 83.3 Å². The van der Waals surface area contributed by atoms with Crippen LogP contribution in [-0.4, -0.2) is 34.7 Å². The molecule has 0 aliphatic carbocycles. The van der Waals surface area contributed by atoms with Crippen LogP contribution in [0.4, 0.5) is 4.39 Å². The maximum atomic E-state index is 13.6. The van der Waals surface area contributed by atoms with Crippen molar-refractivity contribution in [1.82, 2.24) is 20.4 Å². The zero-order chi connectivity index (χ0) is 17.8. The minimum Gasteiger partial charge on any atom is -0.339 e. The summed E-state index contributed by atoms with van der Waals surface area (Å²) in [5, 5.41) is 7.51. The summed E-state index contributed by atoms with van der Waals surface area (Å²) >= 11 is 0. The van der Waals surface area contributed by atoms with Crippen LogP contribution < -0.4 is 5.32 Å². The van der Waals surface area contributed by atoms with E-state index in [0.717, 1.165) is 30.8 Å². The van der Waals surface area contributed by atoms with Crippen LogP contribution in [0.3, 0.4) is 0 Å². The molecule has 0 spiro atoms. The third-order valence-corrected chi connectivity index (χ3v) is 4.64. The monoisotopic (exact) mass is 352 g/mol. The summed E-state index contributed by atoms with van der Waals surface area (Å²) in [5.74, 6) is 1.07. The number of rotatable bonds is 5. The molecule has 4 rings (SSSR count). The quantitative estimate of drug-likeness (QED) is 0.765. The van der Waals surface area contributed by atoms with Crippen LogP contribution in [0, 0.1) is 5.82 Å². The topological polar surface area (TPSA) is 54.2 Å². The first-order chi connectivity index (χ1) is 12.8. The van der Waals surface area contributed by atoms with E-state index in [0.29, 0.717) is 24.7 Å². The largest absolute Gasteiger partial charge is 0.339 e. The van der Waals surface area contributed by atoms with Crippen molar-refractivity contribution in [3.8, 4) is 0 Å². The Labute approximate surface area is 151 Å². The van der Waals surface area contributed by atoms with Gasteiger partial charge in [-0.15, -0.1) is 0 Å². The van der Waals surface area contributed by atoms with E-state index in [1.54, 1.807) is 12.1 Å². The molecule has 3 aromatic rings. The molecule has 2 heterocycles. The van der Waals surface area contributed by atoms with E-state index in [1.807, 2.05) is 36.4 Å². The highest BCUT2D eigenvalue weighted by Crippen LogP contribution is 2.24. The van der Waals surface area contributed by atoms with E-state index < -0.39 is 0 Å². The maximum absolute atomic E-state index is 13.6. The number of nitrogens with one attached hydrogen (secondary N) is 1. The minimum absolute atomic E-state index is 0.0931. The zero-order valence-corrected chi connectivity index (χ0v) is 14.4. The average Bonchev–Trinajstić information content (AvgIpc) is 3.10. The highest BCUT2D eigenvalue weighted by Gasteiger charge is 2.25. The van der Waals surface area contributed by atoms with Crippen LogP contribution in [0.25, 0.3) is 0 Å². The molecule has 5 nitrogen and oxygen atoms in total. The maximum Gasteiger partial charge on any atom is 0.231 e. The van der Waals surface area contributed by atoms with Crippen LogP contribution in [0.5, 0.6) is 0 Å². The van der Waals surface area contributed by atoms with Crippen LogP contribution in [0.1, 0.15) is 28.9 Å². The van der Waals surface area contributed by atoms with Crippen LogP contribution in [0.15, 0.2) is 59.1 Å². The Balaban J connectivity index is 1.47. The summed E-state index contributed by atoms with van der Waals surface area (Å²) in [6, 6.07) is 16.9. The van der Waals surface area contributed by atoms with Crippen molar-refractivity contribution in [2.45, 2.75) is 19.0 Å². The van der Waals surface area contributed by atoms with Crippen molar-refractivity contribution in [1.29, 1.82) is 0 Å². The van der Waals surface area contributed by atoms with Gasteiger partial charge in [0, 0.05) is 25.7 Å². The zero-order valence-electron chi connectivity index (χ0n) is 14.4. The normalized spacial score (nSPS) is 18.1. The lowest BCUT2D eigenvalue weighted by atomic mass is 10.0. The van der Waals surface area contributed by atoms with Gasteiger partial charge in [-0.3, -0.25) is 4.90 Å². The number of nitrogens with zero attached hydrogens (tertiary/aromatic N) is 3. The Bertz CT molecular complexity index is 852. The molecule has 0 radical (unpaired) electrons. The summed E-state index contributed by atoms with van der Waals surface area (Å²) in [4.78, 5) is 6.80. The SMILES string of the molecule is Fc1cccc(C2CNCCN2Cc2noc(Cc3ccccc3)n2)c1. The van der Waals surface area contributed by atoms with Gasteiger partial charge in [0.05, 0.1) is 13.0 Å². The molecule has 26 heavy (non-hydrogen) atoms. The Morgan fingerprint density at radius 1 is 1.15 bits per heavy atom. The number of aromatic nitrogens is 2. The lowest BCUT2D eigenvalue weighted by Crippen LogP contribution is -2.45. The van der Waals surface area contributed by atoms with Crippen LogP contribution in [-0.2, 0) is 13.0 Å². The number of benzene rings is 2. The van der Waals surface area contributed by atoms with Crippen molar-refractivity contribution in [3.63, 3.8) is 0 Å². The first-order valence-corrected chi connectivity index (χ1v) is 8.83. The molecule has 1 saturated heterocycles. The molecule has 0 bridgehead atoms. The van der Waals surface area contributed by atoms with Gasteiger partial charge in [-0.05, 0) is 23.3 Å². The molecule has 6 heteroatoms. The number of piperazine rings is 1. The summed E-state index contributed by atoms with van der Waals surface area (Å²) in [6.07, 6.45) is 0.628. The third kappa shape index (κ3) is 3.98. The number of hydrogen-bond acceptors (Lipinski definition) is 5. The number of hydrogen-bond donors (Lipinski definition) is 1. The molecule has 1 fully saturated rings. The minimum atomic E-state index is -0.210. The first kappa shape index (κ1) is 16.9. The standard InChI is InChI=1S/C20H21FN4O/c21-17-8-4-7-16(12-17)18-13-22-9-10-25(18)14-19-23-20(26-24-19)11-15-5-2-1-3-6-15/h1-8,12,18,22H,9-11,13-14H2. The van der Waals surface area contributed by atoms with Gasteiger partial charge in [0.15, 0.2) is 5.82 Å². The van der Waals surface area contributed by atoms with Gasteiger partial charge in [-0.1, -0.05) is 47.6 Å². The van der Waals surface area contributed by atoms with Gasteiger partial charge >= 0.3 is 0 Å². The van der Waals surface area contributed by atoms with E-state index in [1.165, 1.54) is 6.07 Å². The second kappa shape index (κ2) is 7.76.